The average molecular weight is 238 g/mol. The average Bonchev–Trinajstić information content (AvgIpc) is 2.71. The van der Waals surface area contributed by atoms with E-state index >= 15 is 0 Å². The highest BCUT2D eigenvalue weighted by atomic mass is 16.2. The van der Waals surface area contributed by atoms with E-state index in [1.807, 2.05) is 0 Å². The number of carbonyl (C=O) groups excluding carboxylic acids is 1. The number of carbonyl (C=O) groups is 1. The lowest BCUT2D eigenvalue weighted by atomic mass is 9.96. The summed E-state index contributed by atoms with van der Waals surface area (Å²) in [5, 5.41) is 3.24. The van der Waals surface area contributed by atoms with Gasteiger partial charge < -0.3 is 10.2 Å². The first-order valence-corrected chi connectivity index (χ1v) is 7.31. The normalized spacial score (nSPS) is 30.6. The van der Waals surface area contributed by atoms with Crippen LogP contribution in [-0.2, 0) is 0 Å². The predicted molar refractivity (Wildman–Crippen MR) is 70.0 cm³/mol. The molecule has 1 aliphatic heterocycles. The first-order chi connectivity index (χ1) is 8.22. The Balaban J connectivity index is 1.89. The Bertz CT molecular complexity index is 261. The Morgan fingerprint density at radius 3 is 2.53 bits per heavy atom. The van der Waals surface area contributed by atoms with Crippen LogP contribution < -0.4 is 5.32 Å². The molecule has 0 aromatic heterocycles. The van der Waals surface area contributed by atoms with Crippen molar-refractivity contribution >= 4 is 6.03 Å². The van der Waals surface area contributed by atoms with Gasteiger partial charge in [0, 0.05) is 18.1 Å². The summed E-state index contributed by atoms with van der Waals surface area (Å²) in [4.78, 5) is 14.4. The second-order valence-corrected chi connectivity index (χ2v) is 5.68. The fourth-order valence-electron chi connectivity index (χ4n) is 3.33. The Kier molecular flexibility index (Phi) is 4.30. The van der Waals surface area contributed by atoms with Crippen LogP contribution in [-0.4, -0.2) is 29.1 Å². The summed E-state index contributed by atoms with van der Waals surface area (Å²) in [6.07, 6.45) is 9.66. The second-order valence-electron chi connectivity index (χ2n) is 5.68. The van der Waals surface area contributed by atoms with Crippen LogP contribution in [0.1, 0.15) is 65.2 Å². The largest absolute Gasteiger partial charge is 0.335 e. The van der Waals surface area contributed by atoms with Crippen LogP contribution in [0.2, 0.25) is 0 Å². The van der Waals surface area contributed by atoms with Gasteiger partial charge in [-0.05, 0) is 39.0 Å². The molecule has 1 saturated heterocycles. The third kappa shape index (κ3) is 2.93. The van der Waals surface area contributed by atoms with Gasteiger partial charge in [0.15, 0.2) is 0 Å². The number of hydrogen-bond acceptors (Lipinski definition) is 1. The monoisotopic (exact) mass is 238 g/mol. The lowest BCUT2D eigenvalue weighted by Crippen LogP contribution is -2.49. The molecule has 0 spiro atoms. The van der Waals surface area contributed by atoms with Crippen molar-refractivity contribution in [2.45, 2.75) is 83.3 Å². The summed E-state index contributed by atoms with van der Waals surface area (Å²) in [7, 11) is 0. The smallest absolute Gasteiger partial charge is 0.318 e. The van der Waals surface area contributed by atoms with Crippen molar-refractivity contribution in [2.24, 2.45) is 0 Å². The van der Waals surface area contributed by atoms with Crippen LogP contribution in [0, 0.1) is 0 Å². The molecule has 2 fully saturated rings. The zero-order valence-electron chi connectivity index (χ0n) is 11.2. The molecule has 0 aromatic carbocycles. The molecule has 1 N–H and O–H groups in total. The van der Waals surface area contributed by atoms with Crippen molar-refractivity contribution in [3.8, 4) is 0 Å². The molecule has 17 heavy (non-hydrogen) atoms. The van der Waals surface area contributed by atoms with E-state index in [9.17, 15) is 4.79 Å². The van der Waals surface area contributed by atoms with E-state index in [4.69, 9.17) is 0 Å². The van der Waals surface area contributed by atoms with Gasteiger partial charge in [0.1, 0.15) is 0 Å². The van der Waals surface area contributed by atoms with Crippen LogP contribution >= 0.6 is 0 Å². The lowest BCUT2D eigenvalue weighted by Gasteiger charge is -2.31. The van der Waals surface area contributed by atoms with Gasteiger partial charge in [0.25, 0.3) is 0 Å². The number of nitrogens with zero attached hydrogens (tertiary/aromatic N) is 1. The van der Waals surface area contributed by atoms with Crippen LogP contribution in [0.25, 0.3) is 0 Å². The van der Waals surface area contributed by atoms with Gasteiger partial charge in [-0.15, -0.1) is 0 Å². The molecule has 2 amide bonds. The third-order valence-electron chi connectivity index (χ3n) is 4.42. The highest BCUT2D eigenvalue weighted by Crippen LogP contribution is 2.26. The molecule has 1 heterocycles. The third-order valence-corrected chi connectivity index (χ3v) is 4.42. The molecule has 2 atom stereocenters. The maximum atomic E-state index is 12.3. The number of hydrogen-bond donors (Lipinski definition) is 1. The van der Waals surface area contributed by atoms with Crippen molar-refractivity contribution in [3.05, 3.63) is 0 Å². The minimum absolute atomic E-state index is 0.189. The van der Waals surface area contributed by atoms with Crippen molar-refractivity contribution in [1.82, 2.24) is 10.2 Å². The molecule has 1 saturated carbocycles. The van der Waals surface area contributed by atoms with Crippen LogP contribution in [0.15, 0.2) is 0 Å². The molecular formula is C14H26N2O. The van der Waals surface area contributed by atoms with E-state index in [1.165, 1.54) is 38.5 Å². The van der Waals surface area contributed by atoms with E-state index in [2.05, 4.69) is 24.1 Å². The number of nitrogens with one attached hydrogen (secondary N) is 1. The Labute approximate surface area is 105 Å². The number of amides is 2. The summed E-state index contributed by atoms with van der Waals surface area (Å²) in [6, 6.07) is 1.51. The van der Waals surface area contributed by atoms with Gasteiger partial charge >= 0.3 is 6.03 Å². The van der Waals surface area contributed by atoms with Gasteiger partial charge in [0.2, 0.25) is 0 Å². The van der Waals surface area contributed by atoms with E-state index in [1.54, 1.807) is 0 Å². The highest BCUT2D eigenvalue weighted by molar-refractivity contribution is 5.75. The first kappa shape index (κ1) is 12.7. The van der Waals surface area contributed by atoms with Crippen molar-refractivity contribution in [1.29, 1.82) is 0 Å². The van der Waals surface area contributed by atoms with Crippen molar-refractivity contribution < 1.29 is 4.79 Å². The molecule has 0 unspecified atom stereocenters. The molecule has 3 heteroatoms. The zero-order valence-corrected chi connectivity index (χ0v) is 11.2. The molecule has 3 nitrogen and oxygen atoms in total. The molecule has 0 radical (unpaired) electrons. The molecule has 1 aliphatic carbocycles. The first-order valence-electron chi connectivity index (χ1n) is 7.31. The van der Waals surface area contributed by atoms with Gasteiger partial charge in [-0.1, -0.05) is 26.2 Å². The van der Waals surface area contributed by atoms with Crippen LogP contribution in [0.5, 0.6) is 0 Å². The number of rotatable bonds is 2. The van der Waals surface area contributed by atoms with Crippen molar-refractivity contribution in [3.63, 3.8) is 0 Å². The molecule has 0 bridgehead atoms. The minimum Gasteiger partial charge on any atom is -0.335 e. The predicted octanol–water partition coefficient (Wildman–Crippen LogP) is 3.29. The van der Waals surface area contributed by atoms with Crippen LogP contribution in [0.4, 0.5) is 4.79 Å². The Morgan fingerprint density at radius 2 is 1.88 bits per heavy atom. The van der Waals surface area contributed by atoms with Gasteiger partial charge in [-0.25, -0.2) is 4.79 Å². The molecule has 98 valence electrons. The topological polar surface area (TPSA) is 32.3 Å². The summed E-state index contributed by atoms with van der Waals surface area (Å²) in [5.74, 6) is 0. The van der Waals surface area contributed by atoms with Crippen molar-refractivity contribution in [2.75, 3.05) is 0 Å². The summed E-state index contributed by atoms with van der Waals surface area (Å²) < 4.78 is 0. The van der Waals surface area contributed by atoms with Gasteiger partial charge in [0.05, 0.1) is 0 Å². The lowest BCUT2D eigenvalue weighted by molar-refractivity contribution is 0.168. The SMILES string of the molecule is CC[C@H]1CC[C@H](C)N1C(=O)NC1CCCCC1. The number of urea groups is 1. The molecule has 0 aromatic rings. The summed E-state index contributed by atoms with van der Waals surface area (Å²) in [6.45, 7) is 4.36. The van der Waals surface area contributed by atoms with E-state index < -0.39 is 0 Å². The summed E-state index contributed by atoms with van der Waals surface area (Å²) >= 11 is 0. The maximum Gasteiger partial charge on any atom is 0.318 e. The highest BCUT2D eigenvalue weighted by Gasteiger charge is 2.33. The molecule has 2 aliphatic rings. The standard InChI is InChI=1S/C14H26N2O/c1-3-13-10-9-11(2)16(13)14(17)15-12-7-5-4-6-8-12/h11-13H,3-10H2,1-2H3,(H,15,17)/t11-,13-/m0/s1. The Morgan fingerprint density at radius 1 is 1.18 bits per heavy atom. The van der Waals surface area contributed by atoms with E-state index in [-0.39, 0.29) is 6.03 Å². The number of likely N-dealkylation sites (tertiary alicyclic amines) is 1. The van der Waals surface area contributed by atoms with E-state index in [0.717, 1.165) is 12.8 Å². The van der Waals surface area contributed by atoms with Gasteiger partial charge in [-0.3, -0.25) is 0 Å². The van der Waals surface area contributed by atoms with Crippen LogP contribution in [0.3, 0.4) is 0 Å². The fraction of sp³-hybridized carbons (Fsp3) is 0.929. The van der Waals surface area contributed by atoms with Gasteiger partial charge in [-0.2, -0.15) is 0 Å². The fourth-order valence-corrected chi connectivity index (χ4v) is 3.33. The van der Waals surface area contributed by atoms with E-state index in [0.29, 0.717) is 18.1 Å². The minimum atomic E-state index is 0.189. The second kappa shape index (κ2) is 5.74. The summed E-state index contributed by atoms with van der Waals surface area (Å²) in [5.41, 5.74) is 0. The molecular weight excluding hydrogens is 212 g/mol. The molecule has 2 rings (SSSR count). The Hall–Kier alpha value is -0.730. The zero-order chi connectivity index (χ0) is 12.3. The maximum absolute atomic E-state index is 12.3. The quantitative estimate of drug-likeness (QED) is 0.786.